The van der Waals surface area contributed by atoms with Crippen LogP contribution in [0.25, 0.3) is 10.4 Å². The van der Waals surface area contributed by atoms with E-state index < -0.39 is 6.23 Å². The number of benzene rings is 2. The van der Waals surface area contributed by atoms with E-state index >= 15 is 0 Å². The summed E-state index contributed by atoms with van der Waals surface area (Å²) in [4.78, 5) is 33.2. The van der Waals surface area contributed by atoms with E-state index in [4.69, 9.17) is 14.2 Å². The Balaban J connectivity index is 1.29. The normalized spacial score (nSPS) is 17.0. The zero-order valence-corrected chi connectivity index (χ0v) is 19.8. The topological polar surface area (TPSA) is 90.0 Å². The van der Waals surface area contributed by atoms with Crippen molar-refractivity contribution in [2.45, 2.75) is 20.1 Å². The van der Waals surface area contributed by atoms with Gasteiger partial charge in [-0.1, -0.05) is 29.8 Å². The maximum atomic E-state index is 13.5. The quantitative estimate of drug-likeness (QED) is 0.603. The van der Waals surface area contributed by atoms with Gasteiger partial charge in [-0.3, -0.25) is 9.59 Å². The number of fused-ring (bicyclic) bond motifs is 1. The lowest BCUT2D eigenvalue weighted by molar-refractivity contribution is 0.0276. The molecule has 3 aromatic rings. The maximum Gasteiger partial charge on any atom is 0.276 e. The summed E-state index contributed by atoms with van der Waals surface area (Å²) in [5, 5.41) is 3.69. The zero-order chi connectivity index (χ0) is 23.7. The molecular weight excluding hydrogens is 454 g/mol. The fourth-order valence-electron chi connectivity index (χ4n) is 4.08. The molecule has 5 rings (SSSR count). The van der Waals surface area contributed by atoms with Gasteiger partial charge in [0, 0.05) is 12.1 Å². The van der Waals surface area contributed by atoms with Crippen molar-refractivity contribution < 1.29 is 23.8 Å². The van der Waals surface area contributed by atoms with E-state index in [9.17, 15) is 9.59 Å². The summed E-state index contributed by atoms with van der Waals surface area (Å²) in [6.07, 6.45) is -0.568. The molecule has 8 nitrogen and oxygen atoms in total. The molecule has 0 aliphatic carbocycles. The highest BCUT2D eigenvalue weighted by atomic mass is 32.1. The van der Waals surface area contributed by atoms with Gasteiger partial charge in [0.1, 0.15) is 25.1 Å². The number of hydrogen-bond donors (Lipinski definition) is 1. The average Bonchev–Trinajstić information content (AvgIpc) is 3.48. The molecule has 0 radical (unpaired) electrons. The van der Waals surface area contributed by atoms with Gasteiger partial charge in [-0.2, -0.15) is 0 Å². The number of amides is 2. The molecule has 2 aliphatic heterocycles. The lowest BCUT2D eigenvalue weighted by atomic mass is 10.1. The van der Waals surface area contributed by atoms with Gasteiger partial charge >= 0.3 is 0 Å². The van der Waals surface area contributed by atoms with Crippen LogP contribution in [0.15, 0.2) is 42.5 Å². The summed E-state index contributed by atoms with van der Waals surface area (Å²) in [6, 6.07) is 13.1. The van der Waals surface area contributed by atoms with Crippen LogP contribution < -0.4 is 14.8 Å². The van der Waals surface area contributed by atoms with Gasteiger partial charge in [0.2, 0.25) is 0 Å². The molecule has 1 unspecified atom stereocenters. The molecule has 1 saturated heterocycles. The molecule has 3 heterocycles. The Bertz CT molecular complexity index is 1240. The first-order valence-electron chi connectivity index (χ1n) is 11.1. The summed E-state index contributed by atoms with van der Waals surface area (Å²) < 4.78 is 16.8. The van der Waals surface area contributed by atoms with Gasteiger partial charge in [0.25, 0.3) is 11.8 Å². The first kappa shape index (κ1) is 22.4. The van der Waals surface area contributed by atoms with Crippen LogP contribution >= 0.6 is 11.3 Å². The summed E-state index contributed by atoms with van der Waals surface area (Å²) >= 11 is 1.50. The van der Waals surface area contributed by atoms with Gasteiger partial charge in [-0.25, -0.2) is 4.98 Å². The monoisotopic (exact) mass is 479 g/mol. The van der Waals surface area contributed by atoms with Crippen molar-refractivity contribution in [3.8, 4) is 21.9 Å². The van der Waals surface area contributed by atoms with Gasteiger partial charge in [0.15, 0.2) is 11.5 Å². The first-order valence-corrected chi connectivity index (χ1v) is 12.0. The van der Waals surface area contributed by atoms with Crippen LogP contribution in [0.2, 0.25) is 0 Å². The molecule has 0 saturated carbocycles. The van der Waals surface area contributed by atoms with Crippen molar-refractivity contribution in [1.29, 1.82) is 0 Å². The fourth-order valence-corrected chi connectivity index (χ4v) is 4.99. The van der Waals surface area contributed by atoms with Crippen molar-refractivity contribution in [3.05, 3.63) is 64.3 Å². The third-order valence-corrected chi connectivity index (χ3v) is 6.73. The lowest BCUT2D eigenvalue weighted by Crippen LogP contribution is -2.44. The van der Waals surface area contributed by atoms with E-state index in [1.807, 2.05) is 32.0 Å². The molecule has 0 bridgehead atoms. The number of nitrogens with one attached hydrogen (secondary N) is 1. The van der Waals surface area contributed by atoms with Crippen LogP contribution in [0, 0.1) is 13.8 Å². The predicted octanol–water partition coefficient (Wildman–Crippen LogP) is 3.43. The van der Waals surface area contributed by atoms with Gasteiger partial charge < -0.3 is 24.4 Å². The minimum atomic E-state index is -0.568. The molecule has 2 aliphatic rings. The molecule has 2 aromatic carbocycles. The summed E-state index contributed by atoms with van der Waals surface area (Å²) in [5.41, 5.74) is 2.96. The third kappa shape index (κ3) is 4.49. The van der Waals surface area contributed by atoms with Crippen LogP contribution in [0.3, 0.4) is 0 Å². The molecule has 34 heavy (non-hydrogen) atoms. The first-order chi connectivity index (χ1) is 16.5. The summed E-state index contributed by atoms with van der Waals surface area (Å²) in [6.45, 7) is 5.87. The van der Waals surface area contributed by atoms with E-state index in [0.717, 1.165) is 21.0 Å². The molecule has 1 N–H and O–H groups in total. The molecular formula is C25H25N3O5S. The van der Waals surface area contributed by atoms with Crippen molar-refractivity contribution in [2.24, 2.45) is 0 Å². The number of carbonyl (C=O) groups is 2. The van der Waals surface area contributed by atoms with Crippen LogP contribution in [-0.2, 0) is 4.74 Å². The Morgan fingerprint density at radius 1 is 1.09 bits per heavy atom. The SMILES string of the molecule is Cc1cccc(-c2sc(C)nc2C(=O)N2CCOC2CNC(=O)c2ccc3c(c2)OCCO3)c1. The number of ether oxygens (including phenoxy) is 3. The molecule has 0 spiro atoms. The second kappa shape index (κ2) is 9.44. The predicted molar refractivity (Wildman–Crippen MR) is 128 cm³/mol. The minimum absolute atomic E-state index is 0.169. The van der Waals surface area contributed by atoms with E-state index in [1.165, 1.54) is 11.3 Å². The maximum absolute atomic E-state index is 13.5. The Morgan fingerprint density at radius 3 is 2.74 bits per heavy atom. The van der Waals surface area contributed by atoms with E-state index in [-0.39, 0.29) is 18.4 Å². The van der Waals surface area contributed by atoms with Crippen molar-refractivity contribution in [3.63, 3.8) is 0 Å². The Kier molecular flexibility index (Phi) is 6.21. The van der Waals surface area contributed by atoms with Crippen LogP contribution in [-0.4, -0.2) is 60.8 Å². The number of rotatable bonds is 5. The molecule has 1 fully saturated rings. The molecule has 176 valence electrons. The lowest BCUT2D eigenvalue weighted by Gasteiger charge is -2.23. The zero-order valence-electron chi connectivity index (χ0n) is 19.0. The Morgan fingerprint density at radius 2 is 1.91 bits per heavy atom. The Hall–Kier alpha value is -3.43. The number of aromatic nitrogens is 1. The number of nitrogens with zero attached hydrogens (tertiary/aromatic N) is 2. The van der Waals surface area contributed by atoms with E-state index in [2.05, 4.69) is 16.4 Å². The number of hydrogen-bond acceptors (Lipinski definition) is 7. The van der Waals surface area contributed by atoms with E-state index in [1.54, 1.807) is 23.1 Å². The standard InChI is InChI=1S/C25H25N3O5S/c1-15-4-3-5-17(12-15)23-22(27-16(2)34-23)25(30)28-8-9-33-21(28)14-26-24(29)18-6-7-19-20(13-18)32-11-10-31-19/h3-7,12-13,21H,8-11,14H2,1-2H3,(H,26,29). The van der Waals surface area contributed by atoms with Gasteiger partial charge in [-0.15, -0.1) is 11.3 Å². The average molecular weight is 480 g/mol. The van der Waals surface area contributed by atoms with E-state index in [0.29, 0.717) is 49.1 Å². The Labute approximate surface area is 201 Å². The molecule has 9 heteroatoms. The van der Waals surface area contributed by atoms with Gasteiger partial charge in [0.05, 0.1) is 23.0 Å². The largest absolute Gasteiger partial charge is 0.486 e. The highest BCUT2D eigenvalue weighted by Crippen LogP contribution is 2.33. The third-order valence-electron chi connectivity index (χ3n) is 5.71. The molecule has 1 atom stereocenters. The highest BCUT2D eigenvalue weighted by molar-refractivity contribution is 7.15. The second-order valence-electron chi connectivity index (χ2n) is 8.17. The minimum Gasteiger partial charge on any atom is -0.486 e. The summed E-state index contributed by atoms with van der Waals surface area (Å²) in [5.74, 6) is 0.707. The van der Waals surface area contributed by atoms with Crippen molar-refractivity contribution in [2.75, 3.05) is 32.9 Å². The van der Waals surface area contributed by atoms with Crippen molar-refractivity contribution in [1.82, 2.24) is 15.2 Å². The highest BCUT2D eigenvalue weighted by Gasteiger charge is 2.33. The number of thiazole rings is 1. The smallest absolute Gasteiger partial charge is 0.276 e. The fraction of sp³-hybridized carbons (Fsp3) is 0.320. The second-order valence-corrected chi connectivity index (χ2v) is 9.38. The van der Waals surface area contributed by atoms with Crippen LogP contribution in [0.4, 0.5) is 0 Å². The van der Waals surface area contributed by atoms with Crippen LogP contribution in [0.1, 0.15) is 31.4 Å². The molecule has 2 amide bonds. The van der Waals surface area contributed by atoms with Gasteiger partial charge in [-0.05, 0) is 37.6 Å². The van der Waals surface area contributed by atoms with Crippen molar-refractivity contribution >= 4 is 23.2 Å². The summed E-state index contributed by atoms with van der Waals surface area (Å²) in [7, 11) is 0. The number of aryl methyl sites for hydroxylation is 2. The number of carbonyl (C=O) groups excluding carboxylic acids is 2. The molecule has 1 aromatic heterocycles. The van der Waals surface area contributed by atoms with Crippen LogP contribution in [0.5, 0.6) is 11.5 Å².